The van der Waals surface area contributed by atoms with Gasteiger partial charge in [-0.05, 0) is 28.8 Å². The van der Waals surface area contributed by atoms with Crippen molar-refractivity contribution in [2.45, 2.75) is 12.5 Å². The number of rotatable bonds is 3. The van der Waals surface area contributed by atoms with Crippen LogP contribution in [-0.2, 0) is 11.2 Å². The number of hydrogen-bond acceptors (Lipinski definition) is 2. The van der Waals surface area contributed by atoms with Gasteiger partial charge in [-0.2, -0.15) is 0 Å². The molecule has 0 aromatic heterocycles. The van der Waals surface area contributed by atoms with Crippen molar-refractivity contribution in [2.24, 2.45) is 5.73 Å². The van der Waals surface area contributed by atoms with Gasteiger partial charge in [0.05, 0.1) is 0 Å². The second kappa shape index (κ2) is 6.18. The maximum Gasteiger partial charge on any atom is 0.320 e. The summed E-state index contributed by atoms with van der Waals surface area (Å²) in [4.78, 5) is 10.8. The van der Waals surface area contributed by atoms with E-state index in [-0.39, 0.29) is 12.4 Å². The van der Waals surface area contributed by atoms with Crippen LogP contribution in [-0.4, -0.2) is 17.1 Å². The summed E-state index contributed by atoms with van der Waals surface area (Å²) in [7, 11) is 0. The van der Waals surface area contributed by atoms with Gasteiger partial charge in [0.2, 0.25) is 0 Å². The van der Waals surface area contributed by atoms with Crippen molar-refractivity contribution >= 4 is 45.1 Å². The Labute approximate surface area is 120 Å². The van der Waals surface area contributed by atoms with E-state index in [1.54, 1.807) is 0 Å². The maximum atomic E-state index is 10.8. The summed E-state index contributed by atoms with van der Waals surface area (Å²) < 4.78 is 1.00. The van der Waals surface area contributed by atoms with E-state index in [0.29, 0.717) is 6.42 Å². The molecular weight excluding hydrogens is 318 g/mol. The van der Waals surface area contributed by atoms with Gasteiger partial charge in [0.15, 0.2) is 0 Å². The Kier molecular flexibility index (Phi) is 5.14. The van der Waals surface area contributed by atoms with Gasteiger partial charge in [-0.1, -0.05) is 46.3 Å². The van der Waals surface area contributed by atoms with Gasteiger partial charge >= 0.3 is 5.97 Å². The molecular formula is C13H13BrClNO2. The number of carboxylic acid groups (broad SMARTS) is 1. The van der Waals surface area contributed by atoms with Gasteiger partial charge in [0.25, 0.3) is 0 Å². The molecule has 3 nitrogen and oxygen atoms in total. The van der Waals surface area contributed by atoms with Crippen molar-refractivity contribution in [3.05, 3.63) is 46.4 Å². The van der Waals surface area contributed by atoms with E-state index in [1.165, 1.54) is 0 Å². The maximum absolute atomic E-state index is 10.8. The van der Waals surface area contributed by atoms with Gasteiger partial charge < -0.3 is 10.8 Å². The largest absolute Gasteiger partial charge is 0.480 e. The van der Waals surface area contributed by atoms with Crippen molar-refractivity contribution in [1.29, 1.82) is 0 Å². The molecule has 2 rings (SSSR count). The average molecular weight is 331 g/mol. The summed E-state index contributed by atoms with van der Waals surface area (Å²) in [5.41, 5.74) is 6.52. The van der Waals surface area contributed by atoms with Crippen LogP contribution in [0.15, 0.2) is 40.9 Å². The van der Waals surface area contributed by atoms with Gasteiger partial charge in [-0.3, -0.25) is 4.79 Å². The zero-order valence-electron chi connectivity index (χ0n) is 9.47. The number of benzene rings is 2. The molecule has 0 heterocycles. The summed E-state index contributed by atoms with van der Waals surface area (Å²) in [5.74, 6) is -0.975. The normalized spacial score (nSPS) is 11.9. The number of halogens is 2. The van der Waals surface area contributed by atoms with Crippen LogP contribution < -0.4 is 5.73 Å². The van der Waals surface area contributed by atoms with Crippen LogP contribution in [0, 0.1) is 0 Å². The molecule has 0 bridgehead atoms. The van der Waals surface area contributed by atoms with Crippen LogP contribution in [0.1, 0.15) is 5.56 Å². The molecule has 0 aliphatic carbocycles. The molecule has 0 saturated heterocycles. The number of fused-ring (bicyclic) bond motifs is 1. The first-order chi connectivity index (χ1) is 8.09. The Morgan fingerprint density at radius 1 is 1.22 bits per heavy atom. The summed E-state index contributed by atoms with van der Waals surface area (Å²) in [6, 6.07) is 10.8. The van der Waals surface area contributed by atoms with E-state index < -0.39 is 12.0 Å². The number of carboxylic acids is 1. The molecule has 0 amide bonds. The summed E-state index contributed by atoms with van der Waals surface area (Å²) in [6.45, 7) is 0. The molecule has 0 spiro atoms. The molecule has 0 unspecified atom stereocenters. The van der Waals surface area contributed by atoms with E-state index in [2.05, 4.69) is 15.9 Å². The van der Waals surface area contributed by atoms with E-state index in [4.69, 9.17) is 10.8 Å². The Bertz CT molecular complexity index is 574. The third kappa shape index (κ3) is 3.02. The zero-order valence-corrected chi connectivity index (χ0v) is 11.9. The average Bonchev–Trinajstić information content (AvgIpc) is 2.33. The molecule has 1 atom stereocenters. The second-order valence-corrected chi connectivity index (χ2v) is 4.76. The minimum atomic E-state index is -0.975. The van der Waals surface area contributed by atoms with Crippen molar-refractivity contribution in [3.63, 3.8) is 0 Å². The number of nitrogens with two attached hydrogens (primary N) is 1. The van der Waals surface area contributed by atoms with Crippen LogP contribution in [0.2, 0.25) is 0 Å². The molecule has 5 heteroatoms. The Morgan fingerprint density at radius 3 is 2.44 bits per heavy atom. The Balaban J connectivity index is 0.00000162. The highest BCUT2D eigenvalue weighted by atomic mass is 79.9. The number of aliphatic carboxylic acids is 1. The fourth-order valence-corrected chi connectivity index (χ4v) is 2.30. The molecule has 96 valence electrons. The molecule has 0 aliphatic heterocycles. The standard InChI is InChI=1S/C13H12BrNO2.ClH/c14-11-6-5-8(7-12(15)13(16)17)9-3-1-2-4-10(9)11;/h1-6,12H,7,15H2,(H,16,17);1H/t12-;/m0./s1. The highest BCUT2D eigenvalue weighted by Gasteiger charge is 2.14. The lowest BCUT2D eigenvalue weighted by Gasteiger charge is -2.10. The first-order valence-electron chi connectivity index (χ1n) is 5.24. The highest BCUT2D eigenvalue weighted by Crippen LogP contribution is 2.27. The SMILES string of the molecule is Cl.N[C@@H](Cc1ccc(Br)c2ccccc12)C(=O)O. The van der Waals surface area contributed by atoms with Crippen molar-refractivity contribution < 1.29 is 9.90 Å². The van der Waals surface area contributed by atoms with Crippen LogP contribution in [0.5, 0.6) is 0 Å². The first kappa shape index (κ1) is 15.0. The van der Waals surface area contributed by atoms with Gasteiger partial charge in [-0.15, -0.1) is 12.4 Å². The van der Waals surface area contributed by atoms with Gasteiger partial charge in [0.1, 0.15) is 6.04 Å². The van der Waals surface area contributed by atoms with Gasteiger partial charge in [0, 0.05) is 4.47 Å². The van der Waals surface area contributed by atoms with E-state index in [9.17, 15) is 4.79 Å². The molecule has 0 saturated carbocycles. The quantitative estimate of drug-likeness (QED) is 0.909. The Morgan fingerprint density at radius 2 is 1.83 bits per heavy atom. The lowest BCUT2D eigenvalue weighted by Crippen LogP contribution is -2.32. The molecule has 18 heavy (non-hydrogen) atoms. The molecule has 3 N–H and O–H groups in total. The lowest BCUT2D eigenvalue weighted by molar-refractivity contribution is -0.138. The lowest BCUT2D eigenvalue weighted by atomic mass is 9.99. The van der Waals surface area contributed by atoms with Crippen molar-refractivity contribution in [3.8, 4) is 0 Å². The predicted molar refractivity (Wildman–Crippen MR) is 78.2 cm³/mol. The molecule has 0 radical (unpaired) electrons. The highest BCUT2D eigenvalue weighted by molar-refractivity contribution is 9.10. The molecule has 0 aliphatic rings. The topological polar surface area (TPSA) is 63.3 Å². The summed E-state index contributed by atoms with van der Waals surface area (Å²) in [6.07, 6.45) is 0.336. The van der Waals surface area contributed by atoms with Gasteiger partial charge in [-0.25, -0.2) is 0 Å². The fourth-order valence-electron chi connectivity index (χ4n) is 1.83. The molecule has 2 aromatic rings. The predicted octanol–water partition coefficient (Wildman–Crippen LogP) is 2.98. The zero-order chi connectivity index (χ0) is 12.4. The monoisotopic (exact) mass is 329 g/mol. The van der Waals surface area contributed by atoms with Crippen molar-refractivity contribution in [1.82, 2.24) is 0 Å². The third-order valence-electron chi connectivity index (χ3n) is 2.72. The molecule has 2 aromatic carbocycles. The second-order valence-electron chi connectivity index (χ2n) is 3.90. The van der Waals surface area contributed by atoms with E-state index in [0.717, 1.165) is 20.8 Å². The van der Waals surface area contributed by atoms with Crippen LogP contribution in [0.25, 0.3) is 10.8 Å². The summed E-state index contributed by atoms with van der Waals surface area (Å²) in [5, 5.41) is 10.9. The third-order valence-corrected chi connectivity index (χ3v) is 3.41. The summed E-state index contributed by atoms with van der Waals surface area (Å²) >= 11 is 3.48. The molecule has 0 fully saturated rings. The fraction of sp³-hybridized carbons (Fsp3) is 0.154. The van der Waals surface area contributed by atoms with Crippen molar-refractivity contribution in [2.75, 3.05) is 0 Å². The number of carbonyl (C=O) groups is 1. The van der Waals surface area contributed by atoms with E-state index in [1.807, 2.05) is 36.4 Å². The van der Waals surface area contributed by atoms with E-state index >= 15 is 0 Å². The minimum Gasteiger partial charge on any atom is -0.480 e. The first-order valence-corrected chi connectivity index (χ1v) is 6.03. The van der Waals surface area contributed by atoms with Crippen LogP contribution in [0.3, 0.4) is 0 Å². The minimum absolute atomic E-state index is 0. The van der Waals surface area contributed by atoms with Crippen LogP contribution >= 0.6 is 28.3 Å². The number of hydrogen-bond donors (Lipinski definition) is 2. The smallest absolute Gasteiger partial charge is 0.320 e. The van der Waals surface area contributed by atoms with Crippen LogP contribution in [0.4, 0.5) is 0 Å². The Hall–Kier alpha value is -1.10.